The van der Waals surface area contributed by atoms with Crippen LogP contribution in [0.4, 0.5) is 0 Å². The Balaban J connectivity index is 1.53. The summed E-state index contributed by atoms with van der Waals surface area (Å²) >= 11 is 0. The maximum atomic E-state index is 11.4. The van der Waals surface area contributed by atoms with E-state index in [9.17, 15) is 8.42 Å². The highest BCUT2D eigenvalue weighted by Crippen LogP contribution is 2.23. The van der Waals surface area contributed by atoms with Crippen LogP contribution in [0.5, 0.6) is 5.75 Å². The smallest absolute Gasteiger partial charge is 0.151 e. The Hall–Kier alpha value is -1.66. The first-order valence-corrected chi connectivity index (χ1v) is 8.86. The lowest BCUT2D eigenvalue weighted by atomic mass is 10.2. The summed E-state index contributed by atoms with van der Waals surface area (Å²) in [6.45, 7) is 1.14. The number of fused-ring (bicyclic) bond motifs is 1. The minimum Gasteiger partial charge on any atom is -0.492 e. The van der Waals surface area contributed by atoms with E-state index < -0.39 is 9.84 Å². The van der Waals surface area contributed by atoms with Crippen LogP contribution in [0.3, 0.4) is 0 Å². The van der Waals surface area contributed by atoms with Gasteiger partial charge in [-0.15, -0.1) is 0 Å². The summed E-state index contributed by atoms with van der Waals surface area (Å²) in [6.07, 6.45) is 2.45. The second kappa shape index (κ2) is 5.99. The molecule has 21 heavy (non-hydrogen) atoms. The largest absolute Gasteiger partial charge is 0.492 e. The van der Waals surface area contributed by atoms with E-state index >= 15 is 0 Å². The van der Waals surface area contributed by atoms with Gasteiger partial charge in [0.05, 0.1) is 17.0 Å². The first kappa shape index (κ1) is 14.3. The van der Waals surface area contributed by atoms with Crippen LogP contribution in [0.2, 0.25) is 0 Å². The number of ether oxygens (including phenoxy) is 1. The average molecular weight is 306 g/mol. The molecule has 3 rings (SSSR count). The number of sulfone groups is 1. The van der Waals surface area contributed by atoms with Crippen LogP contribution in [0.25, 0.3) is 10.9 Å². The van der Waals surface area contributed by atoms with Crippen LogP contribution in [0.1, 0.15) is 6.42 Å². The van der Waals surface area contributed by atoms with Crippen molar-refractivity contribution in [2.24, 2.45) is 0 Å². The monoisotopic (exact) mass is 306 g/mol. The zero-order chi connectivity index (χ0) is 14.7. The third-order valence-electron chi connectivity index (χ3n) is 3.63. The van der Waals surface area contributed by atoms with Crippen LogP contribution in [-0.2, 0) is 9.84 Å². The molecule has 112 valence electrons. The van der Waals surface area contributed by atoms with Crippen molar-refractivity contribution in [1.29, 1.82) is 0 Å². The van der Waals surface area contributed by atoms with Gasteiger partial charge in [0.1, 0.15) is 12.4 Å². The Morgan fingerprint density at radius 1 is 1.29 bits per heavy atom. The molecule has 1 aliphatic rings. The Bertz CT molecular complexity index is 725. The second-order valence-electron chi connectivity index (χ2n) is 5.23. The number of rotatable bonds is 5. The zero-order valence-electron chi connectivity index (χ0n) is 11.7. The number of benzene rings is 1. The molecule has 0 saturated carbocycles. The molecule has 1 aromatic heterocycles. The van der Waals surface area contributed by atoms with Crippen molar-refractivity contribution in [3.05, 3.63) is 36.5 Å². The molecule has 2 heterocycles. The molecule has 5 nitrogen and oxygen atoms in total. The molecular formula is C15H18N2O3S. The van der Waals surface area contributed by atoms with Gasteiger partial charge in [-0.1, -0.05) is 6.07 Å². The van der Waals surface area contributed by atoms with E-state index in [4.69, 9.17) is 4.74 Å². The third kappa shape index (κ3) is 3.51. The molecule has 6 heteroatoms. The summed E-state index contributed by atoms with van der Waals surface area (Å²) < 4.78 is 28.5. The highest BCUT2D eigenvalue weighted by Gasteiger charge is 2.27. The number of aromatic nitrogens is 1. The fraction of sp³-hybridized carbons (Fsp3) is 0.400. The van der Waals surface area contributed by atoms with Gasteiger partial charge in [0.25, 0.3) is 0 Å². The summed E-state index contributed by atoms with van der Waals surface area (Å²) in [4.78, 5) is 4.29. The first-order chi connectivity index (χ1) is 10.1. The Kier molecular flexibility index (Phi) is 4.07. The van der Waals surface area contributed by atoms with Crippen molar-refractivity contribution in [3.63, 3.8) is 0 Å². The zero-order valence-corrected chi connectivity index (χ0v) is 12.5. The van der Waals surface area contributed by atoms with Gasteiger partial charge < -0.3 is 10.1 Å². The van der Waals surface area contributed by atoms with E-state index in [1.807, 2.05) is 30.3 Å². The molecular weight excluding hydrogens is 288 g/mol. The molecule has 0 bridgehead atoms. The molecule has 1 unspecified atom stereocenters. The number of nitrogens with zero attached hydrogens (tertiary/aromatic N) is 1. The lowest BCUT2D eigenvalue weighted by Crippen LogP contribution is -2.33. The quantitative estimate of drug-likeness (QED) is 0.846. The average Bonchev–Trinajstić information content (AvgIpc) is 2.83. The first-order valence-electron chi connectivity index (χ1n) is 7.04. The second-order valence-corrected chi connectivity index (χ2v) is 7.46. The number of hydrogen-bond acceptors (Lipinski definition) is 5. The van der Waals surface area contributed by atoms with Crippen LogP contribution in [-0.4, -0.2) is 44.1 Å². The summed E-state index contributed by atoms with van der Waals surface area (Å²) in [5, 5.41) is 4.23. The number of hydrogen-bond donors (Lipinski definition) is 1. The van der Waals surface area contributed by atoms with Gasteiger partial charge in [0, 0.05) is 24.2 Å². The molecule has 1 aliphatic heterocycles. The topological polar surface area (TPSA) is 68.3 Å². The van der Waals surface area contributed by atoms with Crippen molar-refractivity contribution >= 4 is 20.7 Å². The highest BCUT2D eigenvalue weighted by atomic mass is 32.2. The maximum Gasteiger partial charge on any atom is 0.151 e. The highest BCUT2D eigenvalue weighted by molar-refractivity contribution is 7.91. The van der Waals surface area contributed by atoms with Crippen LogP contribution >= 0.6 is 0 Å². The molecule has 2 aromatic rings. The lowest BCUT2D eigenvalue weighted by Gasteiger charge is -2.12. The van der Waals surface area contributed by atoms with Crippen molar-refractivity contribution in [2.45, 2.75) is 12.5 Å². The van der Waals surface area contributed by atoms with Crippen molar-refractivity contribution in [2.75, 3.05) is 24.7 Å². The van der Waals surface area contributed by atoms with Gasteiger partial charge >= 0.3 is 0 Å². The molecule has 0 radical (unpaired) electrons. The molecule has 0 amide bonds. The van der Waals surface area contributed by atoms with E-state index in [0.29, 0.717) is 25.3 Å². The van der Waals surface area contributed by atoms with E-state index in [1.165, 1.54) is 0 Å². The minimum absolute atomic E-state index is 0.0628. The van der Waals surface area contributed by atoms with E-state index in [2.05, 4.69) is 10.3 Å². The molecule has 1 fully saturated rings. The molecule has 0 aliphatic carbocycles. The molecule has 0 spiro atoms. The van der Waals surface area contributed by atoms with Crippen LogP contribution < -0.4 is 10.1 Å². The maximum absolute atomic E-state index is 11.4. The fourth-order valence-corrected chi connectivity index (χ4v) is 4.29. The van der Waals surface area contributed by atoms with Crippen molar-refractivity contribution in [3.8, 4) is 5.75 Å². The molecule has 1 N–H and O–H groups in total. The standard InChI is InChI=1S/C15H18N2O3S/c18-21(19)10-6-12(11-21)16-8-9-20-15-5-1-4-14-13(15)3-2-7-17-14/h1-5,7,12,16H,6,8-11H2. The molecule has 1 saturated heterocycles. The van der Waals surface area contributed by atoms with Crippen LogP contribution in [0, 0.1) is 0 Å². The lowest BCUT2D eigenvalue weighted by molar-refractivity contribution is 0.311. The van der Waals surface area contributed by atoms with Gasteiger partial charge in [-0.3, -0.25) is 4.98 Å². The van der Waals surface area contributed by atoms with Gasteiger partial charge in [-0.2, -0.15) is 0 Å². The summed E-state index contributed by atoms with van der Waals surface area (Å²) in [5.74, 6) is 1.34. The molecule has 1 aromatic carbocycles. The predicted molar refractivity (Wildman–Crippen MR) is 82.3 cm³/mol. The van der Waals surface area contributed by atoms with Crippen molar-refractivity contribution in [1.82, 2.24) is 10.3 Å². The third-order valence-corrected chi connectivity index (χ3v) is 5.40. The van der Waals surface area contributed by atoms with Gasteiger partial charge in [0.2, 0.25) is 0 Å². The fourth-order valence-electron chi connectivity index (χ4n) is 2.58. The summed E-state index contributed by atoms with van der Waals surface area (Å²) in [6, 6.07) is 9.72. The van der Waals surface area contributed by atoms with Gasteiger partial charge in [-0.25, -0.2) is 8.42 Å². The Labute approximate surface area is 124 Å². The van der Waals surface area contributed by atoms with E-state index in [0.717, 1.165) is 16.7 Å². The Morgan fingerprint density at radius 3 is 3.00 bits per heavy atom. The van der Waals surface area contributed by atoms with E-state index in [1.54, 1.807) is 6.20 Å². The minimum atomic E-state index is -2.83. The SMILES string of the molecule is O=S1(=O)CCC(NCCOc2cccc3ncccc23)C1. The molecule has 1 atom stereocenters. The predicted octanol–water partition coefficient (Wildman–Crippen LogP) is 1.39. The number of pyridine rings is 1. The Morgan fingerprint density at radius 2 is 2.19 bits per heavy atom. The number of nitrogens with one attached hydrogen (secondary N) is 1. The van der Waals surface area contributed by atoms with Gasteiger partial charge in [0.15, 0.2) is 9.84 Å². The van der Waals surface area contributed by atoms with Gasteiger partial charge in [-0.05, 0) is 30.7 Å². The summed E-state index contributed by atoms with van der Waals surface area (Å²) in [7, 11) is -2.83. The van der Waals surface area contributed by atoms with E-state index in [-0.39, 0.29) is 11.8 Å². The van der Waals surface area contributed by atoms with Crippen molar-refractivity contribution < 1.29 is 13.2 Å². The normalized spacial score (nSPS) is 20.7. The van der Waals surface area contributed by atoms with Crippen LogP contribution in [0.15, 0.2) is 36.5 Å². The summed E-state index contributed by atoms with van der Waals surface area (Å²) in [5.41, 5.74) is 0.907.